The van der Waals surface area contributed by atoms with Crippen LogP contribution in [0, 0.1) is 5.82 Å². The molecule has 1 atom stereocenters. The Bertz CT molecular complexity index is 844. The fourth-order valence-corrected chi connectivity index (χ4v) is 3.94. The monoisotopic (exact) mass is 344 g/mol. The number of nitrogens with zero attached hydrogens (tertiary/aromatic N) is 3. The van der Waals surface area contributed by atoms with Gasteiger partial charge in [-0.05, 0) is 36.6 Å². The molecule has 3 aromatic heterocycles. The van der Waals surface area contributed by atoms with Crippen LogP contribution in [0.1, 0.15) is 17.4 Å². The molecule has 124 valence electrons. The van der Waals surface area contributed by atoms with Crippen molar-refractivity contribution in [2.45, 2.75) is 13.0 Å². The van der Waals surface area contributed by atoms with Crippen molar-refractivity contribution in [3.05, 3.63) is 47.4 Å². The zero-order valence-corrected chi connectivity index (χ0v) is 14.0. The summed E-state index contributed by atoms with van der Waals surface area (Å²) in [5, 5.41) is 2.01. The maximum atomic E-state index is 13.0. The largest absolute Gasteiger partial charge is 0.350 e. The average molecular weight is 344 g/mol. The number of hydrogen-bond acceptors (Lipinski definition) is 4. The van der Waals surface area contributed by atoms with Crippen LogP contribution < -0.4 is 4.90 Å². The number of pyridine rings is 1. The van der Waals surface area contributed by atoms with Gasteiger partial charge in [-0.15, -0.1) is 11.3 Å². The van der Waals surface area contributed by atoms with Gasteiger partial charge in [0.15, 0.2) is 0 Å². The van der Waals surface area contributed by atoms with E-state index in [2.05, 4.69) is 21.8 Å². The van der Waals surface area contributed by atoms with Gasteiger partial charge in [0.1, 0.15) is 17.3 Å². The van der Waals surface area contributed by atoms with Crippen LogP contribution in [0.3, 0.4) is 0 Å². The van der Waals surface area contributed by atoms with E-state index in [4.69, 9.17) is 0 Å². The van der Waals surface area contributed by atoms with Gasteiger partial charge >= 0.3 is 0 Å². The minimum absolute atomic E-state index is 0.0250. The van der Waals surface area contributed by atoms with Gasteiger partial charge in [-0.2, -0.15) is 0 Å². The van der Waals surface area contributed by atoms with Gasteiger partial charge in [0.25, 0.3) is 5.91 Å². The molecule has 0 aromatic carbocycles. The highest BCUT2D eigenvalue weighted by Gasteiger charge is 2.28. The molecule has 0 aliphatic carbocycles. The summed E-state index contributed by atoms with van der Waals surface area (Å²) in [4.78, 5) is 24.0. The Morgan fingerprint density at radius 2 is 2.25 bits per heavy atom. The van der Waals surface area contributed by atoms with Crippen LogP contribution >= 0.6 is 11.3 Å². The van der Waals surface area contributed by atoms with E-state index in [0.717, 1.165) is 16.0 Å². The molecule has 1 saturated heterocycles. The lowest BCUT2D eigenvalue weighted by atomic mass is 10.1. The molecular weight excluding hydrogens is 327 g/mol. The van der Waals surface area contributed by atoms with Gasteiger partial charge in [0, 0.05) is 25.7 Å². The van der Waals surface area contributed by atoms with Gasteiger partial charge in [-0.3, -0.25) is 4.79 Å². The van der Waals surface area contributed by atoms with E-state index in [9.17, 15) is 9.18 Å². The predicted octanol–water partition coefficient (Wildman–Crippen LogP) is 3.11. The second-order valence-corrected chi connectivity index (χ2v) is 6.96. The number of carbonyl (C=O) groups excluding carboxylic acids is 1. The number of carbonyl (C=O) groups is 1. The second-order valence-electron chi connectivity index (χ2n) is 6.01. The first-order chi connectivity index (χ1) is 11.6. The molecule has 0 spiro atoms. The first-order valence-electron chi connectivity index (χ1n) is 7.85. The predicted molar refractivity (Wildman–Crippen MR) is 93.1 cm³/mol. The van der Waals surface area contributed by atoms with E-state index in [1.54, 1.807) is 17.4 Å². The molecule has 1 unspecified atom stereocenters. The number of aromatic nitrogens is 2. The number of piperazine rings is 1. The van der Waals surface area contributed by atoms with Gasteiger partial charge in [0.2, 0.25) is 0 Å². The molecule has 4 heterocycles. The third-order valence-corrected chi connectivity index (χ3v) is 5.25. The van der Waals surface area contributed by atoms with Crippen LogP contribution in [0.2, 0.25) is 0 Å². The van der Waals surface area contributed by atoms with Gasteiger partial charge < -0.3 is 14.8 Å². The van der Waals surface area contributed by atoms with Crippen molar-refractivity contribution in [2.75, 3.05) is 24.5 Å². The summed E-state index contributed by atoms with van der Waals surface area (Å²) < 4.78 is 14.1. The Kier molecular flexibility index (Phi) is 3.72. The first kappa shape index (κ1) is 15.1. The topological polar surface area (TPSA) is 52.2 Å². The first-order valence-corrected chi connectivity index (χ1v) is 8.73. The van der Waals surface area contributed by atoms with E-state index in [0.29, 0.717) is 25.3 Å². The quantitative estimate of drug-likeness (QED) is 0.777. The van der Waals surface area contributed by atoms with Crippen molar-refractivity contribution in [3.63, 3.8) is 0 Å². The van der Waals surface area contributed by atoms with Gasteiger partial charge in [-0.1, -0.05) is 0 Å². The number of thiophene rings is 1. The number of anilines is 1. The fourth-order valence-electron chi connectivity index (χ4n) is 3.15. The van der Waals surface area contributed by atoms with Crippen molar-refractivity contribution in [1.82, 2.24) is 14.9 Å². The van der Waals surface area contributed by atoms with Crippen LogP contribution in [0.5, 0.6) is 0 Å². The second kappa shape index (κ2) is 5.90. The van der Waals surface area contributed by atoms with Crippen LogP contribution in [0.4, 0.5) is 10.2 Å². The summed E-state index contributed by atoms with van der Waals surface area (Å²) in [7, 11) is 0. The maximum Gasteiger partial charge on any atom is 0.270 e. The third kappa shape index (κ3) is 2.65. The van der Waals surface area contributed by atoms with E-state index < -0.39 is 0 Å². The molecule has 24 heavy (non-hydrogen) atoms. The summed E-state index contributed by atoms with van der Waals surface area (Å²) in [6, 6.07) is 7.12. The molecule has 0 radical (unpaired) electrons. The van der Waals surface area contributed by atoms with E-state index >= 15 is 0 Å². The Labute approximate surface area is 142 Å². The Morgan fingerprint density at radius 3 is 2.96 bits per heavy atom. The van der Waals surface area contributed by atoms with E-state index in [1.165, 1.54) is 12.3 Å². The summed E-state index contributed by atoms with van der Waals surface area (Å²) >= 11 is 1.62. The van der Waals surface area contributed by atoms with Crippen molar-refractivity contribution < 1.29 is 9.18 Å². The molecule has 3 aromatic rings. The minimum atomic E-state index is -0.341. The Hall–Kier alpha value is -2.41. The van der Waals surface area contributed by atoms with Gasteiger partial charge in [0.05, 0.1) is 16.4 Å². The molecule has 1 N–H and O–H groups in total. The smallest absolute Gasteiger partial charge is 0.270 e. The highest BCUT2D eigenvalue weighted by Crippen LogP contribution is 2.24. The molecule has 1 fully saturated rings. The number of H-pyrrole nitrogens is 1. The van der Waals surface area contributed by atoms with Crippen LogP contribution in [0.15, 0.2) is 35.8 Å². The number of fused-ring (bicyclic) bond motifs is 1. The van der Waals surface area contributed by atoms with Crippen molar-refractivity contribution in [1.29, 1.82) is 0 Å². The molecule has 0 bridgehead atoms. The van der Waals surface area contributed by atoms with E-state index in [1.807, 2.05) is 22.4 Å². The normalized spacial score (nSPS) is 18.3. The molecule has 1 aliphatic rings. The van der Waals surface area contributed by atoms with Crippen molar-refractivity contribution in [3.8, 4) is 0 Å². The SMILES string of the molecule is CC1CN(C(=O)c2cc3sccc3[nH]2)CCN1c1ccc(F)cn1. The minimum Gasteiger partial charge on any atom is -0.350 e. The Morgan fingerprint density at radius 1 is 1.38 bits per heavy atom. The summed E-state index contributed by atoms with van der Waals surface area (Å²) in [6.07, 6.45) is 1.23. The summed E-state index contributed by atoms with van der Waals surface area (Å²) in [5.41, 5.74) is 1.64. The van der Waals surface area contributed by atoms with Crippen molar-refractivity contribution in [2.24, 2.45) is 0 Å². The highest BCUT2D eigenvalue weighted by molar-refractivity contribution is 7.17. The number of rotatable bonds is 2. The molecular formula is C17H17FN4OS. The lowest BCUT2D eigenvalue weighted by Crippen LogP contribution is -2.54. The summed E-state index contributed by atoms with van der Waals surface area (Å²) in [5.74, 6) is 0.431. The number of halogens is 1. The molecule has 1 aliphatic heterocycles. The number of hydrogen-bond donors (Lipinski definition) is 1. The maximum absolute atomic E-state index is 13.0. The van der Waals surface area contributed by atoms with Crippen LogP contribution in [-0.4, -0.2) is 46.5 Å². The highest BCUT2D eigenvalue weighted by atomic mass is 32.1. The van der Waals surface area contributed by atoms with Crippen molar-refractivity contribution >= 4 is 33.3 Å². The molecule has 0 saturated carbocycles. The zero-order valence-electron chi connectivity index (χ0n) is 13.2. The molecule has 4 rings (SSSR count). The van der Waals surface area contributed by atoms with Gasteiger partial charge in [-0.25, -0.2) is 9.37 Å². The zero-order chi connectivity index (χ0) is 16.7. The number of nitrogens with one attached hydrogen (secondary N) is 1. The van der Waals surface area contributed by atoms with Crippen LogP contribution in [-0.2, 0) is 0 Å². The van der Waals surface area contributed by atoms with E-state index in [-0.39, 0.29) is 17.8 Å². The lowest BCUT2D eigenvalue weighted by Gasteiger charge is -2.40. The Balaban J connectivity index is 1.48. The number of aromatic amines is 1. The third-order valence-electron chi connectivity index (χ3n) is 4.39. The lowest BCUT2D eigenvalue weighted by molar-refractivity contribution is 0.0721. The molecule has 7 heteroatoms. The fraction of sp³-hybridized carbons (Fsp3) is 0.294. The molecule has 1 amide bonds. The summed E-state index contributed by atoms with van der Waals surface area (Å²) in [6.45, 7) is 3.97. The number of amides is 1. The molecule has 5 nitrogen and oxygen atoms in total. The van der Waals surface area contributed by atoms with Crippen LogP contribution in [0.25, 0.3) is 10.2 Å². The standard InChI is InChI=1S/C17H17FN4OS/c1-11-10-21(5-6-22(11)16-3-2-12(18)9-19-16)17(23)14-8-15-13(20-14)4-7-24-15/h2-4,7-9,11,20H,5-6,10H2,1H3. The average Bonchev–Trinajstić information content (AvgIpc) is 3.17.